The van der Waals surface area contributed by atoms with Crippen LogP contribution in [0.4, 0.5) is 0 Å². The second-order valence-corrected chi connectivity index (χ2v) is 22.5. The molecule has 0 atom stereocenters. The molecule has 4 aromatic carbocycles. The van der Waals surface area contributed by atoms with Crippen LogP contribution in [0.2, 0.25) is 39.3 Å². The summed E-state index contributed by atoms with van der Waals surface area (Å²) in [6, 6.07) is 42.7. The van der Waals surface area contributed by atoms with Gasteiger partial charge >= 0.3 is 0 Å². The van der Waals surface area contributed by atoms with E-state index in [1.165, 1.54) is 22.3 Å². The van der Waals surface area contributed by atoms with Gasteiger partial charge in [0.25, 0.3) is 0 Å². The van der Waals surface area contributed by atoms with Gasteiger partial charge in [0.2, 0.25) is 0 Å². The Balaban J connectivity index is 1.71. The summed E-state index contributed by atoms with van der Waals surface area (Å²) in [5.74, 6) is 0. The van der Waals surface area contributed by atoms with Crippen LogP contribution in [0, 0.1) is 0 Å². The maximum Gasteiger partial charge on any atom is 0.169 e. The lowest BCUT2D eigenvalue weighted by molar-refractivity contribution is 0.441. The molecule has 0 aromatic heterocycles. The molecule has 0 aliphatic heterocycles. The van der Waals surface area contributed by atoms with E-state index < -0.39 is 16.5 Å². The Morgan fingerprint density at radius 1 is 0.452 bits per heavy atom. The van der Waals surface area contributed by atoms with Gasteiger partial charge < -0.3 is 9.35 Å². The van der Waals surface area contributed by atoms with E-state index in [9.17, 15) is 0 Å². The summed E-state index contributed by atoms with van der Waals surface area (Å²) in [7, 11) is -3.53. The number of hydrazone groups is 2. The highest BCUT2D eigenvalue weighted by molar-refractivity contribution is 6.73. The van der Waals surface area contributed by atoms with Crippen molar-refractivity contribution in [3.63, 3.8) is 0 Å². The first-order chi connectivity index (χ1) is 20.1. The van der Waals surface area contributed by atoms with E-state index in [1.807, 2.05) is 0 Å². The lowest BCUT2D eigenvalue weighted by atomic mass is 10.0. The Bertz CT molecular complexity index is 1310. The molecule has 0 spiro atoms. The molecule has 0 radical (unpaired) electrons. The zero-order valence-corrected chi connectivity index (χ0v) is 28.2. The SMILES string of the molecule is C[Si](C)(C)N(Cc1ccccc1)N=C(CCC(=NN(Cc1ccccc1)[Si](C)(C)C)c1ccccc1)c1ccccc1. The number of nitrogens with zero attached hydrogens (tertiary/aromatic N) is 4. The van der Waals surface area contributed by atoms with E-state index >= 15 is 0 Å². The zero-order valence-electron chi connectivity index (χ0n) is 26.2. The van der Waals surface area contributed by atoms with Gasteiger partial charge in [-0.1, -0.05) is 161 Å². The van der Waals surface area contributed by atoms with Crippen LogP contribution in [0.3, 0.4) is 0 Å². The molecule has 0 amide bonds. The predicted molar refractivity (Wildman–Crippen MR) is 186 cm³/mol. The molecule has 6 heteroatoms. The zero-order chi connectivity index (χ0) is 30.0. The Morgan fingerprint density at radius 2 is 0.738 bits per heavy atom. The van der Waals surface area contributed by atoms with Crippen LogP contribution in [0.25, 0.3) is 0 Å². The van der Waals surface area contributed by atoms with Gasteiger partial charge in [0.1, 0.15) is 0 Å². The van der Waals surface area contributed by atoms with Crippen molar-refractivity contribution in [1.29, 1.82) is 0 Å². The van der Waals surface area contributed by atoms with Gasteiger partial charge in [-0.05, 0) is 35.1 Å². The summed E-state index contributed by atoms with van der Waals surface area (Å²) in [6.45, 7) is 15.8. The standard InChI is InChI=1S/C36H46N4Si2/c1-41(2,3)39(29-31-19-11-7-12-20-31)37-35(33-23-15-9-16-24-33)27-28-36(34-25-17-10-18-26-34)38-40(42(4,5)6)30-32-21-13-8-14-22-32/h7-26H,27-30H2,1-6H3. The minimum Gasteiger partial charge on any atom is -0.320 e. The number of hydrogen-bond donors (Lipinski definition) is 0. The molecule has 4 aromatic rings. The molecule has 42 heavy (non-hydrogen) atoms. The minimum absolute atomic E-state index is 0.804. The van der Waals surface area contributed by atoms with Crippen molar-refractivity contribution in [2.75, 3.05) is 0 Å². The van der Waals surface area contributed by atoms with E-state index in [4.69, 9.17) is 10.2 Å². The Labute approximate surface area is 255 Å². The van der Waals surface area contributed by atoms with Gasteiger partial charge in [0, 0.05) is 0 Å². The molecule has 4 rings (SSSR count). The summed E-state index contributed by atoms with van der Waals surface area (Å²) in [5, 5.41) is 10.9. The highest BCUT2D eigenvalue weighted by atomic mass is 28.3. The van der Waals surface area contributed by atoms with E-state index in [1.54, 1.807) is 0 Å². The van der Waals surface area contributed by atoms with Crippen molar-refractivity contribution in [2.45, 2.75) is 65.2 Å². The Morgan fingerprint density at radius 3 is 1.02 bits per heavy atom. The van der Waals surface area contributed by atoms with Crippen LogP contribution in [-0.4, -0.2) is 37.2 Å². The molecule has 4 nitrogen and oxygen atoms in total. The number of benzene rings is 4. The molecule has 0 aliphatic rings. The smallest absolute Gasteiger partial charge is 0.169 e. The van der Waals surface area contributed by atoms with Gasteiger partial charge in [-0.3, -0.25) is 0 Å². The van der Waals surface area contributed by atoms with E-state index in [0.29, 0.717) is 0 Å². The molecule has 218 valence electrons. The highest BCUT2D eigenvalue weighted by Gasteiger charge is 2.26. The Hall–Kier alpha value is -3.75. The minimum atomic E-state index is -1.77. The monoisotopic (exact) mass is 590 g/mol. The third-order valence-electron chi connectivity index (χ3n) is 7.19. The van der Waals surface area contributed by atoms with Crippen LogP contribution in [0.5, 0.6) is 0 Å². The number of hydrogen-bond acceptors (Lipinski definition) is 4. The summed E-state index contributed by atoms with van der Waals surface area (Å²) in [4.78, 5) is 0. The summed E-state index contributed by atoms with van der Waals surface area (Å²) < 4.78 is 4.74. The largest absolute Gasteiger partial charge is 0.320 e. The maximum atomic E-state index is 5.43. The quantitative estimate of drug-likeness (QED) is 0.0883. The van der Waals surface area contributed by atoms with Crippen molar-refractivity contribution >= 4 is 27.9 Å². The number of rotatable bonds is 13. The topological polar surface area (TPSA) is 31.2 Å². The molecule has 0 bridgehead atoms. The van der Waals surface area contributed by atoms with Crippen LogP contribution in [0.15, 0.2) is 132 Å². The van der Waals surface area contributed by atoms with Crippen molar-refractivity contribution < 1.29 is 0 Å². The Kier molecular flexibility index (Phi) is 10.7. The van der Waals surface area contributed by atoms with Gasteiger partial charge in [-0.25, -0.2) is 0 Å². The van der Waals surface area contributed by atoms with Crippen LogP contribution < -0.4 is 0 Å². The highest BCUT2D eigenvalue weighted by Crippen LogP contribution is 2.21. The lowest BCUT2D eigenvalue weighted by Gasteiger charge is -2.33. The van der Waals surface area contributed by atoms with Crippen molar-refractivity contribution in [2.24, 2.45) is 10.2 Å². The molecule has 0 aliphatic carbocycles. The van der Waals surface area contributed by atoms with Gasteiger partial charge in [0.05, 0.1) is 24.5 Å². The van der Waals surface area contributed by atoms with E-state index in [-0.39, 0.29) is 0 Å². The lowest BCUT2D eigenvalue weighted by Crippen LogP contribution is -2.43. The first-order valence-corrected chi connectivity index (χ1v) is 21.9. The summed E-state index contributed by atoms with van der Waals surface area (Å²) in [6.07, 6.45) is 1.61. The maximum absolute atomic E-state index is 5.43. The molecule has 0 unspecified atom stereocenters. The third kappa shape index (κ3) is 9.39. The molecule has 0 heterocycles. The molecule has 0 saturated heterocycles. The van der Waals surface area contributed by atoms with Crippen LogP contribution in [-0.2, 0) is 13.1 Å². The molecular formula is C36H46N4Si2. The van der Waals surface area contributed by atoms with Gasteiger partial charge in [0.15, 0.2) is 16.5 Å². The van der Waals surface area contributed by atoms with Crippen molar-refractivity contribution in [3.05, 3.63) is 144 Å². The summed E-state index contributed by atoms with van der Waals surface area (Å²) >= 11 is 0. The summed E-state index contributed by atoms with van der Waals surface area (Å²) in [5.41, 5.74) is 7.14. The average Bonchev–Trinajstić information content (AvgIpc) is 2.98. The van der Waals surface area contributed by atoms with Gasteiger partial charge in [-0.2, -0.15) is 10.2 Å². The molecule has 0 fully saturated rings. The fraction of sp³-hybridized carbons (Fsp3) is 0.278. The third-order valence-corrected chi connectivity index (χ3v) is 10.8. The van der Waals surface area contributed by atoms with E-state index in [2.05, 4.69) is 170 Å². The van der Waals surface area contributed by atoms with Crippen molar-refractivity contribution in [3.8, 4) is 0 Å². The second kappa shape index (κ2) is 14.4. The van der Waals surface area contributed by atoms with Crippen LogP contribution >= 0.6 is 0 Å². The first kappa shape index (κ1) is 31.2. The normalized spacial score (nSPS) is 12.7. The molecule has 0 N–H and O–H groups in total. The van der Waals surface area contributed by atoms with Crippen LogP contribution in [0.1, 0.15) is 35.1 Å². The fourth-order valence-electron chi connectivity index (χ4n) is 4.65. The first-order valence-electron chi connectivity index (χ1n) is 15.0. The van der Waals surface area contributed by atoms with Gasteiger partial charge in [-0.15, -0.1) is 0 Å². The van der Waals surface area contributed by atoms with E-state index in [0.717, 1.165) is 37.4 Å². The second-order valence-electron chi connectivity index (χ2n) is 12.8. The van der Waals surface area contributed by atoms with Crippen molar-refractivity contribution in [1.82, 2.24) is 9.35 Å². The molecule has 0 saturated carbocycles. The molecular weight excluding hydrogens is 545 g/mol. The average molecular weight is 591 g/mol. The fourth-order valence-corrected chi connectivity index (χ4v) is 6.81. The predicted octanol–water partition coefficient (Wildman–Crippen LogP) is 9.25.